The molecule has 0 saturated heterocycles. The molecule has 2 amide bonds. The number of carbonyl (C=O) groups excluding carboxylic acids is 2. The zero-order valence-electron chi connectivity index (χ0n) is 13.4. The van der Waals surface area contributed by atoms with Crippen molar-refractivity contribution < 1.29 is 14.5 Å². The summed E-state index contributed by atoms with van der Waals surface area (Å²) in [4.78, 5) is 33.9. The van der Waals surface area contributed by atoms with Crippen LogP contribution >= 0.6 is 11.6 Å². The average Bonchev–Trinajstić information content (AvgIpc) is 2.54. The van der Waals surface area contributed by atoms with E-state index in [1.165, 1.54) is 25.1 Å². The van der Waals surface area contributed by atoms with E-state index < -0.39 is 11.0 Å². The van der Waals surface area contributed by atoms with E-state index in [0.29, 0.717) is 10.7 Å². The fourth-order valence-corrected chi connectivity index (χ4v) is 2.41. The second-order valence-corrected chi connectivity index (χ2v) is 5.80. The minimum atomic E-state index is -0.538. The Hall–Kier alpha value is -2.93. The van der Waals surface area contributed by atoms with E-state index in [9.17, 15) is 19.7 Å². The SMILES string of the molecule is CC(=O)NC(CC(=O)Nc1cccc([N+](=O)[O-])c1)c1ccc(Cl)cc1. The third-order valence-electron chi connectivity index (χ3n) is 3.38. The molecular weight excluding hydrogens is 346 g/mol. The zero-order chi connectivity index (χ0) is 18.4. The first-order valence-electron chi connectivity index (χ1n) is 7.42. The van der Waals surface area contributed by atoms with E-state index in [1.807, 2.05) is 0 Å². The Kier molecular flexibility index (Phi) is 6.08. The van der Waals surface area contributed by atoms with Gasteiger partial charge in [-0.25, -0.2) is 0 Å². The number of hydrogen-bond acceptors (Lipinski definition) is 4. The van der Waals surface area contributed by atoms with Crippen molar-refractivity contribution in [2.24, 2.45) is 0 Å². The normalized spacial score (nSPS) is 11.4. The minimum Gasteiger partial charge on any atom is -0.349 e. The van der Waals surface area contributed by atoms with Crippen LogP contribution in [0.4, 0.5) is 11.4 Å². The first kappa shape index (κ1) is 18.4. The van der Waals surface area contributed by atoms with Crippen LogP contribution in [0.2, 0.25) is 5.02 Å². The molecule has 1 atom stereocenters. The van der Waals surface area contributed by atoms with Gasteiger partial charge in [-0.1, -0.05) is 29.8 Å². The molecule has 0 aliphatic carbocycles. The number of halogens is 1. The maximum Gasteiger partial charge on any atom is 0.271 e. The van der Waals surface area contributed by atoms with Crippen molar-refractivity contribution in [2.45, 2.75) is 19.4 Å². The van der Waals surface area contributed by atoms with Crippen molar-refractivity contribution >= 4 is 34.8 Å². The molecule has 0 heterocycles. The summed E-state index contributed by atoms with van der Waals surface area (Å²) in [7, 11) is 0. The Morgan fingerprint density at radius 3 is 2.48 bits per heavy atom. The molecule has 0 fully saturated rings. The molecule has 8 heteroatoms. The van der Waals surface area contributed by atoms with Crippen molar-refractivity contribution in [1.82, 2.24) is 5.32 Å². The van der Waals surface area contributed by atoms with E-state index in [4.69, 9.17) is 11.6 Å². The molecule has 0 aliphatic heterocycles. The van der Waals surface area contributed by atoms with Crippen LogP contribution < -0.4 is 10.6 Å². The highest BCUT2D eigenvalue weighted by molar-refractivity contribution is 6.30. The number of non-ortho nitro benzene ring substituents is 1. The standard InChI is InChI=1S/C17H16ClN3O4/c1-11(22)19-16(12-5-7-13(18)8-6-12)10-17(23)20-14-3-2-4-15(9-14)21(24)25/h2-9,16H,10H2,1H3,(H,19,22)(H,20,23). The van der Waals surface area contributed by atoms with Crippen LogP contribution in [0.5, 0.6) is 0 Å². The van der Waals surface area contributed by atoms with Crippen LogP contribution in [0, 0.1) is 10.1 Å². The van der Waals surface area contributed by atoms with Crippen LogP contribution in [0.15, 0.2) is 48.5 Å². The molecule has 2 aromatic carbocycles. The van der Waals surface area contributed by atoms with Crippen molar-refractivity contribution in [1.29, 1.82) is 0 Å². The van der Waals surface area contributed by atoms with E-state index in [2.05, 4.69) is 10.6 Å². The molecule has 1 unspecified atom stereocenters. The van der Waals surface area contributed by atoms with Gasteiger partial charge < -0.3 is 10.6 Å². The third kappa shape index (κ3) is 5.58. The van der Waals surface area contributed by atoms with E-state index in [0.717, 1.165) is 5.56 Å². The minimum absolute atomic E-state index is 0.0239. The predicted molar refractivity (Wildman–Crippen MR) is 94.4 cm³/mol. The Bertz CT molecular complexity index is 793. The molecule has 2 aromatic rings. The molecule has 0 radical (unpaired) electrons. The van der Waals surface area contributed by atoms with E-state index in [1.54, 1.807) is 30.3 Å². The van der Waals surface area contributed by atoms with Crippen molar-refractivity contribution in [3.8, 4) is 0 Å². The van der Waals surface area contributed by atoms with Gasteiger partial charge in [-0.15, -0.1) is 0 Å². The molecular formula is C17H16ClN3O4. The summed E-state index contributed by atoms with van der Waals surface area (Å²) >= 11 is 5.85. The smallest absolute Gasteiger partial charge is 0.271 e. The number of anilines is 1. The number of carbonyl (C=O) groups is 2. The molecule has 2 rings (SSSR count). The fraction of sp³-hybridized carbons (Fsp3) is 0.176. The highest BCUT2D eigenvalue weighted by Gasteiger charge is 2.18. The van der Waals surface area contributed by atoms with Gasteiger partial charge in [-0.2, -0.15) is 0 Å². The monoisotopic (exact) mass is 361 g/mol. The first-order valence-corrected chi connectivity index (χ1v) is 7.80. The maximum absolute atomic E-state index is 12.3. The lowest BCUT2D eigenvalue weighted by molar-refractivity contribution is -0.384. The van der Waals surface area contributed by atoms with Crippen LogP contribution in [-0.2, 0) is 9.59 Å². The number of nitrogens with zero attached hydrogens (tertiary/aromatic N) is 1. The number of nitro groups is 1. The van der Waals surface area contributed by atoms with Gasteiger partial charge in [0.15, 0.2) is 0 Å². The van der Waals surface area contributed by atoms with Crippen molar-refractivity contribution in [3.63, 3.8) is 0 Å². The van der Waals surface area contributed by atoms with Gasteiger partial charge in [-0.3, -0.25) is 19.7 Å². The van der Waals surface area contributed by atoms with Crippen molar-refractivity contribution in [3.05, 3.63) is 69.2 Å². The summed E-state index contributed by atoms with van der Waals surface area (Å²) < 4.78 is 0. The Morgan fingerprint density at radius 1 is 1.20 bits per heavy atom. The van der Waals surface area contributed by atoms with Crippen molar-refractivity contribution in [2.75, 3.05) is 5.32 Å². The Morgan fingerprint density at radius 2 is 1.88 bits per heavy atom. The summed E-state index contributed by atoms with van der Waals surface area (Å²) in [5.41, 5.74) is 0.930. The first-order chi connectivity index (χ1) is 11.8. The number of rotatable bonds is 6. The summed E-state index contributed by atoms with van der Waals surface area (Å²) in [5, 5.41) is 16.6. The molecule has 0 spiro atoms. The predicted octanol–water partition coefficient (Wildman–Crippen LogP) is 3.45. The Balaban J connectivity index is 2.11. The lowest BCUT2D eigenvalue weighted by Crippen LogP contribution is -2.29. The van der Waals surface area contributed by atoms with Gasteiger partial charge in [0.2, 0.25) is 11.8 Å². The third-order valence-corrected chi connectivity index (χ3v) is 3.63. The highest BCUT2D eigenvalue weighted by atomic mass is 35.5. The van der Waals surface area contributed by atoms with Gasteiger partial charge in [0.05, 0.1) is 17.4 Å². The van der Waals surface area contributed by atoms with Crippen LogP contribution in [0.3, 0.4) is 0 Å². The molecule has 7 nitrogen and oxygen atoms in total. The molecule has 0 saturated carbocycles. The second kappa shape index (κ2) is 8.25. The average molecular weight is 362 g/mol. The topological polar surface area (TPSA) is 101 Å². The molecule has 0 bridgehead atoms. The van der Waals surface area contributed by atoms with E-state index in [-0.39, 0.29) is 23.9 Å². The summed E-state index contributed by atoms with van der Waals surface area (Å²) in [5.74, 6) is -0.655. The molecule has 2 N–H and O–H groups in total. The highest BCUT2D eigenvalue weighted by Crippen LogP contribution is 2.21. The molecule has 0 aliphatic rings. The van der Waals surface area contributed by atoms with Crippen LogP contribution in [0.25, 0.3) is 0 Å². The van der Waals surface area contributed by atoms with Gasteiger partial charge in [0, 0.05) is 29.8 Å². The Labute approximate surface area is 149 Å². The molecule has 25 heavy (non-hydrogen) atoms. The maximum atomic E-state index is 12.3. The largest absolute Gasteiger partial charge is 0.349 e. The van der Waals surface area contributed by atoms with Gasteiger partial charge in [-0.05, 0) is 23.8 Å². The molecule has 0 aromatic heterocycles. The number of hydrogen-bond donors (Lipinski definition) is 2. The number of amides is 2. The lowest BCUT2D eigenvalue weighted by atomic mass is 10.0. The summed E-state index contributed by atoms with van der Waals surface area (Å²) in [6.07, 6.45) is -0.0239. The van der Waals surface area contributed by atoms with E-state index >= 15 is 0 Å². The number of nitro benzene ring substituents is 1. The van der Waals surface area contributed by atoms with Gasteiger partial charge in [0.1, 0.15) is 0 Å². The molecule has 130 valence electrons. The van der Waals surface area contributed by atoms with Crippen LogP contribution in [0.1, 0.15) is 24.9 Å². The zero-order valence-corrected chi connectivity index (χ0v) is 14.1. The number of benzene rings is 2. The summed E-state index contributed by atoms with van der Waals surface area (Å²) in [6.45, 7) is 1.36. The van der Waals surface area contributed by atoms with Gasteiger partial charge >= 0.3 is 0 Å². The quantitative estimate of drug-likeness (QED) is 0.607. The van der Waals surface area contributed by atoms with Crippen LogP contribution in [-0.4, -0.2) is 16.7 Å². The lowest BCUT2D eigenvalue weighted by Gasteiger charge is -2.18. The number of nitrogens with one attached hydrogen (secondary N) is 2. The van der Waals surface area contributed by atoms with Gasteiger partial charge in [0.25, 0.3) is 5.69 Å². The summed E-state index contributed by atoms with van der Waals surface area (Å²) in [6, 6.07) is 11.9. The fourth-order valence-electron chi connectivity index (χ4n) is 2.29. The second-order valence-electron chi connectivity index (χ2n) is 5.36.